The van der Waals surface area contributed by atoms with Crippen LogP contribution in [0.1, 0.15) is 19.8 Å². The largest absolute Gasteiger partial charge is 0.505 e. The van der Waals surface area contributed by atoms with Gasteiger partial charge in [0.05, 0.1) is 15.6 Å². The standard InChI is InChI=1S/C12H14Cl2N2O2/c1-12(15,6-2-3-6)11(18)16-7-4-8(13)10(17)9(14)5-7/h4-6,17H,2-3,15H2,1H3,(H,16,18). The van der Waals surface area contributed by atoms with E-state index in [2.05, 4.69) is 5.32 Å². The lowest BCUT2D eigenvalue weighted by Gasteiger charge is -2.23. The molecule has 0 bridgehead atoms. The molecule has 1 fully saturated rings. The van der Waals surface area contributed by atoms with Crippen LogP contribution >= 0.6 is 23.2 Å². The Morgan fingerprint density at radius 2 is 1.94 bits per heavy atom. The molecular formula is C12H14Cl2N2O2. The molecule has 1 aliphatic carbocycles. The van der Waals surface area contributed by atoms with Crippen LogP contribution in [0.4, 0.5) is 5.69 Å². The van der Waals surface area contributed by atoms with Crippen LogP contribution in [0, 0.1) is 5.92 Å². The molecule has 0 radical (unpaired) electrons. The average Bonchev–Trinajstić information content (AvgIpc) is 3.09. The van der Waals surface area contributed by atoms with E-state index in [0.717, 1.165) is 12.8 Å². The maximum absolute atomic E-state index is 12.0. The Kier molecular flexibility index (Phi) is 3.45. The first kappa shape index (κ1) is 13.5. The van der Waals surface area contributed by atoms with Crippen molar-refractivity contribution in [3.8, 4) is 5.75 Å². The molecule has 1 aromatic carbocycles. The number of nitrogens with two attached hydrogens (primary N) is 1. The van der Waals surface area contributed by atoms with Crippen LogP contribution < -0.4 is 11.1 Å². The Bertz CT molecular complexity index is 476. The minimum Gasteiger partial charge on any atom is -0.505 e. The SMILES string of the molecule is CC(N)(C(=O)Nc1cc(Cl)c(O)c(Cl)c1)C1CC1. The number of benzene rings is 1. The van der Waals surface area contributed by atoms with Gasteiger partial charge in [-0.15, -0.1) is 0 Å². The van der Waals surface area contributed by atoms with Crippen LogP contribution in [0.15, 0.2) is 12.1 Å². The fraction of sp³-hybridized carbons (Fsp3) is 0.417. The van der Waals surface area contributed by atoms with E-state index >= 15 is 0 Å². The summed E-state index contributed by atoms with van der Waals surface area (Å²) in [5, 5.41) is 12.3. The van der Waals surface area contributed by atoms with Gasteiger partial charge in [-0.2, -0.15) is 0 Å². The highest BCUT2D eigenvalue weighted by molar-refractivity contribution is 6.37. The molecule has 1 saturated carbocycles. The van der Waals surface area contributed by atoms with Crippen molar-refractivity contribution in [3.63, 3.8) is 0 Å². The van der Waals surface area contributed by atoms with Crippen LogP contribution in [-0.2, 0) is 4.79 Å². The number of rotatable bonds is 3. The highest BCUT2D eigenvalue weighted by Gasteiger charge is 2.44. The maximum atomic E-state index is 12.0. The minimum atomic E-state index is -0.892. The normalized spacial score (nSPS) is 18.2. The Hall–Kier alpha value is -0.970. The van der Waals surface area contributed by atoms with Gasteiger partial charge in [-0.1, -0.05) is 23.2 Å². The molecule has 0 saturated heterocycles. The summed E-state index contributed by atoms with van der Waals surface area (Å²) in [5.41, 5.74) is 5.52. The van der Waals surface area contributed by atoms with Crippen molar-refractivity contribution in [1.82, 2.24) is 0 Å². The predicted octanol–water partition coefficient (Wildman–Crippen LogP) is 2.76. The van der Waals surface area contributed by atoms with Gasteiger partial charge in [0.1, 0.15) is 0 Å². The van der Waals surface area contributed by atoms with Gasteiger partial charge in [0.2, 0.25) is 5.91 Å². The first-order valence-electron chi connectivity index (χ1n) is 5.60. The number of aromatic hydroxyl groups is 1. The van der Waals surface area contributed by atoms with E-state index in [0.29, 0.717) is 5.69 Å². The Labute approximate surface area is 115 Å². The number of amides is 1. The lowest BCUT2D eigenvalue weighted by atomic mass is 9.96. The zero-order chi connectivity index (χ0) is 13.5. The predicted molar refractivity (Wildman–Crippen MR) is 72.1 cm³/mol. The van der Waals surface area contributed by atoms with E-state index in [1.807, 2.05) is 0 Å². The van der Waals surface area contributed by atoms with Crippen molar-refractivity contribution in [1.29, 1.82) is 0 Å². The molecule has 0 heterocycles. The number of phenolic OH excluding ortho intramolecular Hbond substituents is 1. The second-order valence-electron chi connectivity index (χ2n) is 4.80. The first-order valence-corrected chi connectivity index (χ1v) is 6.36. The van der Waals surface area contributed by atoms with Gasteiger partial charge >= 0.3 is 0 Å². The lowest BCUT2D eigenvalue weighted by Crippen LogP contribution is -2.50. The van der Waals surface area contributed by atoms with E-state index in [9.17, 15) is 9.90 Å². The van der Waals surface area contributed by atoms with Crippen molar-refractivity contribution in [2.24, 2.45) is 11.7 Å². The van der Waals surface area contributed by atoms with E-state index < -0.39 is 5.54 Å². The molecule has 4 nitrogen and oxygen atoms in total. The van der Waals surface area contributed by atoms with Crippen LogP contribution in [0.2, 0.25) is 10.0 Å². The van der Waals surface area contributed by atoms with E-state index in [1.54, 1.807) is 6.92 Å². The molecule has 1 aliphatic rings. The number of carbonyl (C=O) groups excluding carboxylic acids is 1. The molecule has 1 amide bonds. The summed E-state index contributed by atoms with van der Waals surface area (Å²) < 4.78 is 0. The van der Waals surface area contributed by atoms with Gasteiger partial charge in [0.25, 0.3) is 0 Å². The lowest BCUT2D eigenvalue weighted by molar-refractivity contribution is -0.121. The molecule has 18 heavy (non-hydrogen) atoms. The summed E-state index contributed by atoms with van der Waals surface area (Å²) in [4.78, 5) is 12.0. The number of halogens is 2. The smallest absolute Gasteiger partial charge is 0.244 e. The van der Waals surface area contributed by atoms with Crippen molar-refractivity contribution in [2.45, 2.75) is 25.3 Å². The number of hydrogen-bond donors (Lipinski definition) is 3. The summed E-state index contributed by atoms with van der Waals surface area (Å²) >= 11 is 11.5. The van der Waals surface area contributed by atoms with Crippen LogP contribution in [0.25, 0.3) is 0 Å². The van der Waals surface area contributed by atoms with Crippen molar-refractivity contribution >= 4 is 34.8 Å². The zero-order valence-electron chi connectivity index (χ0n) is 9.84. The molecule has 1 atom stereocenters. The molecule has 1 aromatic rings. The molecule has 1 unspecified atom stereocenters. The molecule has 6 heteroatoms. The third kappa shape index (κ3) is 2.55. The second kappa shape index (κ2) is 4.61. The molecule has 98 valence electrons. The van der Waals surface area contributed by atoms with E-state index in [-0.39, 0.29) is 27.6 Å². The van der Waals surface area contributed by atoms with Gasteiger partial charge in [0, 0.05) is 5.69 Å². The first-order chi connectivity index (χ1) is 8.32. The van der Waals surface area contributed by atoms with Crippen LogP contribution in [-0.4, -0.2) is 16.6 Å². The van der Waals surface area contributed by atoms with Gasteiger partial charge in [-0.05, 0) is 37.8 Å². The fourth-order valence-electron chi connectivity index (χ4n) is 1.77. The quantitative estimate of drug-likeness (QED) is 0.749. The molecule has 0 spiro atoms. The summed E-state index contributed by atoms with van der Waals surface area (Å²) in [7, 11) is 0. The fourth-order valence-corrected chi connectivity index (χ4v) is 2.26. The van der Waals surface area contributed by atoms with Crippen molar-refractivity contribution in [3.05, 3.63) is 22.2 Å². The summed E-state index contributed by atoms with van der Waals surface area (Å²) in [5.74, 6) is -0.252. The molecule has 0 aliphatic heterocycles. The molecule has 0 aromatic heterocycles. The van der Waals surface area contributed by atoms with Crippen LogP contribution in [0.5, 0.6) is 5.75 Å². The average molecular weight is 289 g/mol. The third-order valence-corrected chi connectivity index (χ3v) is 3.77. The highest BCUT2D eigenvalue weighted by Crippen LogP contribution is 2.39. The number of nitrogens with one attached hydrogen (secondary N) is 1. The van der Waals surface area contributed by atoms with Gasteiger partial charge < -0.3 is 16.2 Å². The second-order valence-corrected chi connectivity index (χ2v) is 5.61. The summed E-state index contributed by atoms with van der Waals surface area (Å²) in [6, 6.07) is 2.87. The molecule has 4 N–H and O–H groups in total. The van der Waals surface area contributed by atoms with E-state index in [1.165, 1.54) is 12.1 Å². The number of phenols is 1. The third-order valence-electron chi connectivity index (χ3n) is 3.19. The topological polar surface area (TPSA) is 75.4 Å². The number of carbonyl (C=O) groups is 1. The molecule has 2 rings (SSSR count). The summed E-state index contributed by atoms with van der Waals surface area (Å²) in [6.45, 7) is 1.71. The molecular weight excluding hydrogens is 275 g/mol. The Morgan fingerprint density at radius 1 is 1.44 bits per heavy atom. The Balaban J connectivity index is 2.16. The number of hydrogen-bond acceptors (Lipinski definition) is 3. The van der Waals surface area contributed by atoms with Crippen molar-refractivity contribution in [2.75, 3.05) is 5.32 Å². The van der Waals surface area contributed by atoms with Gasteiger partial charge in [-0.3, -0.25) is 4.79 Å². The monoisotopic (exact) mass is 288 g/mol. The number of anilines is 1. The van der Waals surface area contributed by atoms with Crippen LogP contribution in [0.3, 0.4) is 0 Å². The van der Waals surface area contributed by atoms with Crippen molar-refractivity contribution < 1.29 is 9.90 Å². The minimum absolute atomic E-state index is 0.0861. The summed E-state index contributed by atoms with van der Waals surface area (Å²) in [6.07, 6.45) is 1.94. The Morgan fingerprint density at radius 3 is 2.39 bits per heavy atom. The maximum Gasteiger partial charge on any atom is 0.244 e. The van der Waals surface area contributed by atoms with Gasteiger partial charge in [0.15, 0.2) is 5.75 Å². The van der Waals surface area contributed by atoms with E-state index in [4.69, 9.17) is 28.9 Å². The zero-order valence-corrected chi connectivity index (χ0v) is 11.3. The van der Waals surface area contributed by atoms with Gasteiger partial charge in [-0.25, -0.2) is 0 Å². The highest BCUT2D eigenvalue weighted by atomic mass is 35.5.